The van der Waals surface area contributed by atoms with Crippen molar-refractivity contribution in [2.45, 2.75) is 275 Å². The Balaban J connectivity index is -0.00000162. The van der Waals surface area contributed by atoms with E-state index >= 15 is 0 Å². The van der Waals surface area contributed by atoms with Gasteiger partial charge in [-0.3, -0.25) is 52.7 Å². The zero-order valence-corrected chi connectivity index (χ0v) is 93.1. The molecule has 759 valence electrons. The fourth-order valence-corrected chi connectivity index (χ4v) is 13.1. The molecule has 0 spiro atoms. The minimum absolute atomic E-state index is 0. The number of halogens is 9. The smallest absolute Gasteiger partial charge is 0.411 e. The van der Waals surface area contributed by atoms with Gasteiger partial charge in [-0.05, 0) is 199 Å². The average molecular weight is 2360 g/mol. The number of aliphatic carboxylic acids is 2. The molecule has 137 heavy (non-hydrogen) atoms. The van der Waals surface area contributed by atoms with Gasteiger partial charge in [-0.1, -0.05) is 12.1 Å². The summed E-state index contributed by atoms with van der Waals surface area (Å²) in [6, 6.07) is 4.19. The van der Waals surface area contributed by atoms with Crippen molar-refractivity contribution in [2.75, 3.05) is 26.2 Å². The van der Waals surface area contributed by atoms with Gasteiger partial charge < -0.3 is 51.6 Å². The van der Waals surface area contributed by atoms with Gasteiger partial charge >= 0.3 is 24.1 Å². The molecular formula is C86H121BClF8N16O14S10U. The Morgan fingerprint density at radius 3 is 1.13 bits per heavy atom. The third kappa shape index (κ3) is 44.6. The fourth-order valence-electron chi connectivity index (χ4n) is 13.1. The number of nitrogens with one attached hydrogen (secondary N) is 4. The van der Waals surface area contributed by atoms with E-state index < -0.39 is 138 Å². The molecule has 0 saturated carbocycles. The second-order valence-electron chi connectivity index (χ2n) is 33.6. The number of carbonyl (C=O) groups is 10. The summed E-state index contributed by atoms with van der Waals surface area (Å²) in [5, 5.41) is 37.8. The van der Waals surface area contributed by atoms with Gasteiger partial charge in [0.25, 0.3) is 0 Å². The number of aryl methyl sites for hydroxylation is 2. The zero-order valence-electron chi connectivity index (χ0n) is 81.7. The van der Waals surface area contributed by atoms with Crippen LogP contribution >= 0.6 is 25.9 Å². The van der Waals surface area contributed by atoms with E-state index in [0.717, 1.165) is 45.8 Å². The molecule has 0 aliphatic carbocycles. The van der Waals surface area contributed by atoms with Gasteiger partial charge in [0.2, 0.25) is 23.6 Å². The molecular weight excluding hydrogens is 2240 g/mol. The SMILES string of the molecule is CC(=O)c1nn(CC(=O)N2C[C@H](F)C[C@H]2C(=O)N[C@H](C)C(F)=C(C)C)c2ccc(-c3cnc(C)nc3)cc12.CC(=O)c1nn(CC(=O)O)c2ccc(-c3cnc(C)nc3)cc12.CC(C)(C)OC(=O)N1C[C@H](F)C[C@H]1C(=O)O.CC(C)=C(F)[C@@H](C)N.CC(C)=C(F)[C@@H](C)NC(=O)[C@@H]1C[C@@H](F)CN1.CC(C)=C(F)[C@@H](C)NC(=O)[C@@H]1C[C@@H](F)CN1C(=O)OC(C)(C)C.Cl.S.S=S.S=S=S.S=S=S=S.[3H][B][3H].[U]. The summed E-state index contributed by atoms with van der Waals surface area (Å²) >= 11 is 24.2. The van der Waals surface area contributed by atoms with Gasteiger partial charge in [-0.15, -0.1) is 12.4 Å². The number of hydrogen-bond acceptors (Lipinski definition) is 26. The van der Waals surface area contributed by atoms with Gasteiger partial charge in [-0.2, -0.15) is 23.7 Å². The van der Waals surface area contributed by atoms with E-state index in [0.29, 0.717) is 64.1 Å². The molecule has 1 radical (unpaired) electrons. The molecule has 8 N–H and O–H groups in total. The fraction of sp³-hybridized carbons (Fsp3) is 0.535. The number of alkyl halides is 4. The first kappa shape index (κ1) is 129. The van der Waals surface area contributed by atoms with E-state index in [9.17, 15) is 83.1 Å². The number of aromatic nitrogens is 8. The van der Waals surface area contributed by atoms with Crippen LogP contribution in [0.2, 0.25) is 0 Å². The van der Waals surface area contributed by atoms with E-state index in [1.807, 2.05) is 18.2 Å². The van der Waals surface area contributed by atoms with Crippen LogP contribution in [0, 0.1) is 45.0 Å². The first-order valence-electron chi connectivity index (χ1n) is 42.3. The maximum absolute atomic E-state index is 14.4. The molecule has 4 aliphatic rings. The molecule has 4 aliphatic heterocycles. The van der Waals surface area contributed by atoms with E-state index in [4.69, 9.17) is 28.1 Å². The first-order chi connectivity index (χ1) is 63.2. The molecule has 6 aromatic rings. The maximum atomic E-state index is 14.4. The third-order valence-corrected chi connectivity index (χ3v) is 21.4. The van der Waals surface area contributed by atoms with Crippen LogP contribution in [0.15, 0.2) is 107 Å². The van der Waals surface area contributed by atoms with Crippen LogP contribution in [0.5, 0.6) is 0 Å². The number of hydrogen-bond donors (Lipinski definition) is 7. The number of ketones is 2. The Morgan fingerprint density at radius 1 is 0.533 bits per heavy atom. The molecule has 12 atom stereocenters. The Bertz CT molecular complexity index is 5370. The molecule has 4 fully saturated rings. The Kier molecular flexibility index (Phi) is 60.4. The van der Waals surface area contributed by atoms with Crippen LogP contribution in [0.1, 0.15) is 197 Å². The number of nitrogens with two attached hydrogens (primary N) is 1. The molecule has 4 saturated heterocycles. The molecule has 2 aromatic carbocycles. The van der Waals surface area contributed by atoms with Gasteiger partial charge in [0.1, 0.15) is 113 Å². The van der Waals surface area contributed by atoms with Crippen molar-refractivity contribution in [1.29, 1.82) is 2.67 Å². The number of nitrogens with zero attached hydrogens (tertiary/aromatic N) is 11. The van der Waals surface area contributed by atoms with Crippen LogP contribution in [0.25, 0.3) is 44.1 Å². The number of likely N-dealkylation sites (tertiary alicyclic amines) is 3. The van der Waals surface area contributed by atoms with Crippen LogP contribution in [-0.2, 0) is 145 Å². The number of ether oxygens (including phenoxy) is 2. The number of amides is 6. The van der Waals surface area contributed by atoms with Crippen molar-refractivity contribution < 1.29 is 134 Å². The molecule has 30 nitrogen and oxygen atoms in total. The first-order valence-corrected chi connectivity index (χ1v) is 49.1. The molecule has 8 heterocycles. The second-order valence-corrected chi connectivity index (χ2v) is 38.9. The van der Waals surface area contributed by atoms with Crippen molar-refractivity contribution in [3.63, 3.8) is 0 Å². The average Bonchev–Trinajstić information content (AvgIpc) is 1.62. The molecule has 0 unspecified atom stereocenters. The molecule has 0 bridgehead atoms. The number of carboxylic acid groups (broad SMARTS) is 2. The number of rotatable bonds is 19. The predicted octanol–water partition coefficient (Wildman–Crippen LogP) is 13.0. The van der Waals surface area contributed by atoms with Crippen molar-refractivity contribution >= 4 is 209 Å². The van der Waals surface area contributed by atoms with Gasteiger partial charge in [0, 0.05) is 218 Å². The number of allylic oxidation sites excluding steroid dienone is 4. The van der Waals surface area contributed by atoms with E-state index in [1.165, 1.54) is 54.8 Å². The van der Waals surface area contributed by atoms with Crippen LogP contribution in [0.4, 0.5) is 44.7 Å². The second kappa shape index (κ2) is 64.0. The summed E-state index contributed by atoms with van der Waals surface area (Å²) in [5.74, 6) is -4.96. The number of fused-ring (bicyclic) bond motifs is 2. The standard InChI is InChI=1S/C27H30F2N6O3.C16H26F2N2O3.C16H14N4O3.C11H18F2N2O.C10H16FNO4.C6H12FN.BH2.ClH.S4.S3.S2.H2S.U/c1-14(2)25(29)15(3)32-27(38)23-9-20(28)12-34(23)24(37)13-35-22-7-6-18(19-10-30-17(5)31-11-19)8-21(22)26(33-35)16(4)36;1-9(2)13(18)10(3)19-14(21)12-7-11(17)8-20(12)15(22)23-16(4,5)6;1-9(21)16-13-5-11(12-6-17-10(2)18-7-12)3-4-14(13)20(19-16)8-15(22)23;1-6(2)10(13)7(3)15-11(16)9-4-8(12)5-14-9;1-10(2,3)16-9(15)12-5-6(11)4-7(12)8(13)14;1-4(2)6(7)5(3)8;;;1-3-4-2;1-3-2;1-2;;/h6-8,10-11,15,20,23H,9,12-13H2,1-5H3,(H,32,38);10-12H,7-8H2,1-6H3,(H,19,21);3-7H,8H2,1-2H3,(H,22,23);7-9,14H,4-5H2,1-3H3,(H,15,16);6-7H,4-5H2,1-3H3,(H,13,14);5H,8H2,1-3H3;1H2;1H;;;;1H2;/t15-,20-,23+;10-,11-,12+;;7-,8-,9+;6-,7+;5-;;;;;;;/m11.111......./s1/i;;;;;;1T2;;;;;;. The van der Waals surface area contributed by atoms with E-state index in [-0.39, 0.29) is 162 Å². The van der Waals surface area contributed by atoms with Crippen molar-refractivity contribution in [3.05, 3.63) is 130 Å². The summed E-state index contributed by atoms with van der Waals surface area (Å²) in [5.41, 5.74) is 10.6. The number of carbonyl (C=O) groups excluding carboxylic acids is 8. The summed E-state index contributed by atoms with van der Waals surface area (Å²) in [4.78, 5) is 140. The molecule has 6 amide bonds. The molecule has 51 heteroatoms. The summed E-state index contributed by atoms with van der Waals surface area (Å²) < 4.78 is 132. The minimum Gasteiger partial charge on any atom is -0.480 e. The van der Waals surface area contributed by atoms with Gasteiger partial charge in [0.05, 0.1) is 69.2 Å². The van der Waals surface area contributed by atoms with Gasteiger partial charge in [0.15, 0.2) is 11.6 Å². The summed E-state index contributed by atoms with van der Waals surface area (Å²) in [6.45, 7) is 34.6. The van der Waals surface area contributed by atoms with Crippen molar-refractivity contribution in [3.8, 4) is 22.3 Å². The van der Waals surface area contributed by atoms with Crippen LogP contribution < -0.4 is 27.0 Å². The molecule has 4 aromatic heterocycles. The summed E-state index contributed by atoms with van der Waals surface area (Å²) in [7, 11) is 3.76. The third-order valence-electron chi connectivity index (χ3n) is 19.1. The predicted molar refractivity (Wildman–Crippen MR) is 542 cm³/mol. The Morgan fingerprint density at radius 2 is 0.847 bits per heavy atom. The van der Waals surface area contributed by atoms with Gasteiger partial charge in [-0.25, -0.2) is 69.4 Å². The zero-order chi connectivity index (χ0) is 105. The summed E-state index contributed by atoms with van der Waals surface area (Å²) in [6.07, 6.45) is -0.0266. The Hall–Kier alpha value is -7.70. The van der Waals surface area contributed by atoms with Crippen molar-refractivity contribution in [2.24, 2.45) is 5.73 Å². The minimum atomic E-state index is -1.39. The molecule has 10 rings (SSSR count). The van der Waals surface area contributed by atoms with Crippen LogP contribution in [-0.4, -0.2) is 245 Å². The Labute approximate surface area is 873 Å². The number of benzene rings is 2. The quantitative estimate of drug-likeness (QED) is 0.0225. The monoisotopic (exact) mass is 2360 g/mol. The van der Waals surface area contributed by atoms with Crippen molar-refractivity contribution in [1.82, 2.24) is 75.5 Å². The van der Waals surface area contributed by atoms with Crippen LogP contribution in [0.3, 0.4) is 0 Å². The normalized spacial score (nSPS) is 17.8. The maximum Gasteiger partial charge on any atom is 0.411 e. The van der Waals surface area contributed by atoms with E-state index in [2.05, 4.69) is 119 Å². The van der Waals surface area contributed by atoms with E-state index in [1.54, 1.807) is 168 Å². The number of carboxylic acids is 2. The number of Topliss-reactive ketones (excluding diaryl/α,β-unsaturated/α-hetero) is 2. The largest absolute Gasteiger partial charge is 0.480 e. The topological polar surface area (TPSA) is 401 Å².